The molecule has 1 aliphatic rings. The fraction of sp³-hybridized carbons (Fsp3) is 0.500. The number of hydrogen-bond donors (Lipinski definition) is 3. The highest BCUT2D eigenvalue weighted by Crippen LogP contribution is 2.19. The van der Waals surface area contributed by atoms with Crippen LogP contribution in [0.1, 0.15) is 12.8 Å². The summed E-state index contributed by atoms with van der Waals surface area (Å²) in [6.07, 6.45) is 3.35. The number of nitrogens with zero attached hydrogens (tertiary/aromatic N) is 1. The Morgan fingerprint density at radius 2 is 2.33 bits per heavy atom. The van der Waals surface area contributed by atoms with Gasteiger partial charge >= 0.3 is 0 Å². The highest BCUT2D eigenvalue weighted by atomic mass is 32.2. The van der Waals surface area contributed by atoms with E-state index in [-0.39, 0.29) is 10.9 Å². The van der Waals surface area contributed by atoms with Gasteiger partial charge < -0.3 is 5.43 Å². The summed E-state index contributed by atoms with van der Waals surface area (Å²) in [5.74, 6) is 7.48. The second-order valence-corrected chi connectivity index (χ2v) is 6.92. The van der Waals surface area contributed by atoms with E-state index in [2.05, 4.69) is 15.1 Å². The van der Waals surface area contributed by atoms with Crippen LogP contribution in [0.5, 0.6) is 0 Å². The average molecular weight is 288 g/mol. The summed E-state index contributed by atoms with van der Waals surface area (Å²) in [6, 6.07) is 2.88. The molecule has 100 valence electrons. The minimum atomic E-state index is -3.49. The van der Waals surface area contributed by atoms with Gasteiger partial charge in [-0.1, -0.05) is 0 Å². The number of nitrogens with two attached hydrogens (primary N) is 1. The van der Waals surface area contributed by atoms with Crippen LogP contribution in [0, 0.1) is 0 Å². The summed E-state index contributed by atoms with van der Waals surface area (Å²) in [4.78, 5) is 4.07. The molecule has 0 radical (unpaired) electrons. The zero-order valence-electron chi connectivity index (χ0n) is 9.80. The van der Waals surface area contributed by atoms with Crippen molar-refractivity contribution >= 4 is 27.6 Å². The number of rotatable bonds is 4. The van der Waals surface area contributed by atoms with Crippen molar-refractivity contribution in [2.24, 2.45) is 5.84 Å². The van der Waals surface area contributed by atoms with Gasteiger partial charge in [-0.15, -0.1) is 0 Å². The number of sulfonamides is 1. The van der Waals surface area contributed by atoms with Crippen LogP contribution < -0.4 is 16.0 Å². The normalized spacial score (nSPS) is 20.6. The molecule has 0 aromatic carbocycles. The lowest BCUT2D eigenvalue weighted by molar-refractivity contribution is 0.543. The zero-order chi connectivity index (χ0) is 13.0. The summed E-state index contributed by atoms with van der Waals surface area (Å²) in [7, 11) is -3.49. The highest BCUT2D eigenvalue weighted by Gasteiger charge is 2.22. The zero-order valence-corrected chi connectivity index (χ0v) is 11.4. The van der Waals surface area contributed by atoms with Crippen molar-refractivity contribution in [2.75, 3.05) is 16.9 Å². The minimum Gasteiger partial charge on any atom is -0.308 e. The predicted octanol–water partition coefficient (Wildman–Crippen LogP) is 0.541. The van der Waals surface area contributed by atoms with Crippen LogP contribution in [0.15, 0.2) is 23.2 Å². The van der Waals surface area contributed by atoms with Crippen molar-refractivity contribution in [3.63, 3.8) is 0 Å². The molecule has 0 amide bonds. The van der Waals surface area contributed by atoms with E-state index < -0.39 is 10.0 Å². The molecule has 1 fully saturated rings. The first-order valence-electron chi connectivity index (χ1n) is 5.64. The van der Waals surface area contributed by atoms with E-state index in [0.717, 1.165) is 24.3 Å². The first-order chi connectivity index (χ1) is 8.62. The molecule has 0 aliphatic carbocycles. The number of thioether (sulfide) groups is 1. The van der Waals surface area contributed by atoms with E-state index in [1.807, 2.05) is 0 Å². The number of nitrogen functional groups attached to an aromatic ring is 1. The smallest absolute Gasteiger partial charge is 0.241 e. The third kappa shape index (κ3) is 3.35. The van der Waals surface area contributed by atoms with Crippen LogP contribution in [0.2, 0.25) is 0 Å². The summed E-state index contributed by atoms with van der Waals surface area (Å²) in [5.41, 5.74) is 2.34. The van der Waals surface area contributed by atoms with Crippen molar-refractivity contribution in [2.45, 2.75) is 23.8 Å². The molecule has 6 nitrogen and oxygen atoms in total. The molecular weight excluding hydrogens is 272 g/mol. The van der Waals surface area contributed by atoms with Gasteiger partial charge in [-0.3, -0.25) is 0 Å². The molecule has 1 saturated heterocycles. The van der Waals surface area contributed by atoms with Gasteiger partial charge in [0, 0.05) is 24.1 Å². The third-order valence-corrected chi connectivity index (χ3v) is 5.41. The largest absolute Gasteiger partial charge is 0.308 e. The van der Waals surface area contributed by atoms with Crippen molar-refractivity contribution in [3.05, 3.63) is 18.3 Å². The second kappa shape index (κ2) is 5.87. The van der Waals surface area contributed by atoms with Gasteiger partial charge in [0.05, 0.1) is 4.90 Å². The van der Waals surface area contributed by atoms with Gasteiger partial charge in [-0.25, -0.2) is 24.0 Å². The maximum Gasteiger partial charge on any atom is 0.241 e. The van der Waals surface area contributed by atoms with E-state index in [0.29, 0.717) is 5.82 Å². The number of aromatic nitrogens is 1. The Morgan fingerprint density at radius 3 is 3.00 bits per heavy atom. The number of hydrazine groups is 1. The van der Waals surface area contributed by atoms with E-state index in [1.54, 1.807) is 11.8 Å². The number of nitrogens with one attached hydrogen (secondary N) is 2. The van der Waals surface area contributed by atoms with Crippen LogP contribution in [0.25, 0.3) is 0 Å². The Kier molecular flexibility index (Phi) is 4.44. The maximum absolute atomic E-state index is 12.2. The van der Waals surface area contributed by atoms with Gasteiger partial charge in [-0.2, -0.15) is 11.8 Å². The number of hydrogen-bond acceptors (Lipinski definition) is 6. The molecule has 0 spiro atoms. The SMILES string of the molecule is NNc1cc(S(=O)(=O)NC2CCCSC2)ccn1. The molecule has 2 rings (SSSR count). The van der Waals surface area contributed by atoms with Gasteiger partial charge in [0.2, 0.25) is 10.0 Å². The molecule has 1 unspecified atom stereocenters. The monoisotopic (exact) mass is 288 g/mol. The lowest BCUT2D eigenvalue weighted by Crippen LogP contribution is -2.38. The lowest BCUT2D eigenvalue weighted by atomic mass is 10.2. The fourth-order valence-corrected chi connectivity index (χ4v) is 4.24. The van der Waals surface area contributed by atoms with Crippen LogP contribution in [-0.2, 0) is 10.0 Å². The van der Waals surface area contributed by atoms with Crippen molar-refractivity contribution in [1.82, 2.24) is 9.71 Å². The summed E-state index contributed by atoms with van der Waals surface area (Å²) in [5, 5.41) is 0. The maximum atomic E-state index is 12.2. The second-order valence-electron chi connectivity index (χ2n) is 4.06. The third-order valence-electron chi connectivity index (χ3n) is 2.67. The Balaban J connectivity index is 2.13. The van der Waals surface area contributed by atoms with Crippen molar-refractivity contribution in [1.29, 1.82) is 0 Å². The highest BCUT2D eigenvalue weighted by molar-refractivity contribution is 7.99. The summed E-state index contributed by atoms with van der Waals surface area (Å²) >= 11 is 1.77. The van der Waals surface area contributed by atoms with Crippen molar-refractivity contribution in [3.8, 4) is 0 Å². The molecule has 1 aromatic rings. The van der Waals surface area contributed by atoms with Crippen LogP contribution in [0.4, 0.5) is 5.82 Å². The van der Waals surface area contributed by atoms with E-state index in [9.17, 15) is 8.42 Å². The molecule has 2 heterocycles. The van der Waals surface area contributed by atoms with Gasteiger partial charge in [0.1, 0.15) is 5.82 Å². The summed E-state index contributed by atoms with van der Waals surface area (Å²) < 4.78 is 27.0. The molecule has 18 heavy (non-hydrogen) atoms. The molecule has 1 aromatic heterocycles. The molecule has 4 N–H and O–H groups in total. The first-order valence-corrected chi connectivity index (χ1v) is 8.28. The van der Waals surface area contributed by atoms with Crippen LogP contribution in [-0.4, -0.2) is 30.9 Å². The van der Waals surface area contributed by atoms with Gasteiger partial charge in [-0.05, 0) is 24.7 Å². The molecule has 0 bridgehead atoms. The summed E-state index contributed by atoms with van der Waals surface area (Å²) in [6.45, 7) is 0. The van der Waals surface area contributed by atoms with Crippen LogP contribution in [0.3, 0.4) is 0 Å². The van der Waals surface area contributed by atoms with Gasteiger partial charge in [0.15, 0.2) is 0 Å². The molecule has 0 saturated carbocycles. The fourth-order valence-electron chi connectivity index (χ4n) is 1.78. The molecule has 1 atom stereocenters. The predicted molar refractivity (Wildman–Crippen MR) is 72.7 cm³/mol. The average Bonchev–Trinajstić information content (AvgIpc) is 2.39. The van der Waals surface area contributed by atoms with Crippen molar-refractivity contribution < 1.29 is 8.42 Å². The van der Waals surface area contributed by atoms with E-state index in [4.69, 9.17) is 5.84 Å². The molecule has 8 heteroatoms. The van der Waals surface area contributed by atoms with E-state index >= 15 is 0 Å². The Morgan fingerprint density at radius 1 is 1.50 bits per heavy atom. The minimum absolute atomic E-state index is 0.0104. The Bertz CT molecular complexity index is 500. The number of pyridine rings is 1. The molecule has 1 aliphatic heterocycles. The van der Waals surface area contributed by atoms with Crippen LogP contribution >= 0.6 is 11.8 Å². The quantitative estimate of drug-likeness (QED) is 0.553. The van der Waals surface area contributed by atoms with Gasteiger partial charge in [0.25, 0.3) is 0 Å². The topological polar surface area (TPSA) is 97.1 Å². The first kappa shape index (κ1) is 13.6. The Labute approximate surface area is 111 Å². The number of anilines is 1. The Hall–Kier alpha value is -0.830. The lowest BCUT2D eigenvalue weighted by Gasteiger charge is -2.22. The standard InChI is InChI=1S/C10H16N4O2S2/c11-13-10-6-9(3-4-12-10)18(15,16)14-8-2-1-5-17-7-8/h3-4,6,8,14H,1-2,5,7,11H2,(H,12,13). The van der Waals surface area contributed by atoms with E-state index in [1.165, 1.54) is 18.3 Å². The molecular formula is C10H16N4O2S2.